The van der Waals surface area contributed by atoms with Crippen LogP contribution in [0.1, 0.15) is 43.0 Å². The maximum absolute atomic E-state index is 3.72. The van der Waals surface area contributed by atoms with Crippen LogP contribution in [0.3, 0.4) is 0 Å². The molecule has 0 unspecified atom stereocenters. The Bertz CT molecular complexity index is 658. The number of nitrogens with one attached hydrogen (secondary N) is 2. The third-order valence-corrected chi connectivity index (χ3v) is 5.69. The molecule has 118 valence electrons. The maximum atomic E-state index is 3.72. The predicted octanol–water partition coefficient (Wildman–Crippen LogP) is 3.99. The van der Waals surface area contributed by atoms with Crippen molar-refractivity contribution in [3.8, 4) is 0 Å². The lowest BCUT2D eigenvalue weighted by Crippen LogP contribution is -2.35. The summed E-state index contributed by atoms with van der Waals surface area (Å²) in [5.74, 6) is 0. The number of hydrogen-bond donors (Lipinski definition) is 2. The van der Waals surface area contributed by atoms with E-state index in [-0.39, 0.29) is 0 Å². The molecule has 0 radical (unpaired) electrons. The molecule has 2 aromatic rings. The number of aromatic amines is 1. The summed E-state index contributed by atoms with van der Waals surface area (Å²) in [6.45, 7) is 4.90. The summed E-state index contributed by atoms with van der Waals surface area (Å²) < 4.78 is 1.15. The molecule has 0 amide bonds. The second-order valence-electron chi connectivity index (χ2n) is 6.65. The average Bonchev–Trinajstić information content (AvgIpc) is 2.92. The Morgan fingerprint density at radius 2 is 2.05 bits per heavy atom. The summed E-state index contributed by atoms with van der Waals surface area (Å²) in [5.41, 5.74) is 4.23. The molecule has 4 heteroatoms. The highest BCUT2D eigenvalue weighted by Gasteiger charge is 2.24. The van der Waals surface area contributed by atoms with Gasteiger partial charge in [0.05, 0.1) is 0 Å². The summed E-state index contributed by atoms with van der Waals surface area (Å²) in [6.07, 6.45) is 6.52. The van der Waals surface area contributed by atoms with Gasteiger partial charge in [0.25, 0.3) is 0 Å². The van der Waals surface area contributed by atoms with E-state index in [9.17, 15) is 0 Å². The van der Waals surface area contributed by atoms with Crippen LogP contribution in [0.25, 0.3) is 10.9 Å². The molecule has 0 spiro atoms. The zero-order chi connectivity index (χ0) is 14.9. The van der Waals surface area contributed by atoms with Crippen LogP contribution < -0.4 is 5.32 Å². The molecule has 2 aliphatic rings. The standard InChI is InChI=1S/C18H24BrN3/c19-13-4-5-14-15-6-8-20-16(18(15)21-17(14)12-13)7-11-22-9-2-1-3-10-22/h4-5,12,16,20-21H,1-3,6-11H2/t16-/m1/s1. The van der Waals surface area contributed by atoms with Gasteiger partial charge in [0, 0.05) is 27.1 Å². The van der Waals surface area contributed by atoms with Crippen LogP contribution in [0, 0.1) is 0 Å². The minimum absolute atomic E-state index is 0.483. The van der Waals surface area contributed by atoms with Gasteiger partial charge in [-0.2, -0.15) is 0 Å². The smallest absolute Gasteiger partial charge is 0.0488 e. The Hall–Kier alpha value is -0.840. The van der Waals surface area contributed by atoms with E-state index in [2.05, 4.69) is 49.3 Å². The van der Waals surface area contributed by atoms with Gasteiger partial charge in [0.15, 0.2) is 0 Å². The van der Waals surface area contributed by atoms with Crippen molar-refractivity contribution in [1.82, 2.24) is 15.2 Å². The van der Waals surface area contributed by atoms with Crippen LogP contribution in [0.2, 0.25) is 0 Å². The summed E-state index contributed by atoms with van der Waals surface area (Å²) >= 11 is 3.58. The van der Waals surface area contributed by atoms with Gasteiger partial charge in [-0.3, -0.25) is 0 Å². The molecule has 3 heterocycles. The highest BCUT2D eigenvalue weighted by atomic mass is 79.9. The van der Waals surface area contributed by atoms with Crippen molar-refractivity contribution in [3.05, 3.63) is 33.9 Å². The molecule has 0 saturated carbocycles. The molecule has 1 aromatic heterocycles. The van der Waals surface area contributed by atoms with Crippen molar-refractivity contribution < 1.29 is 0 Å². The third kappa shape index (κ3) is 2.84. The minimum Gasteiger partial charge on any atom is -0.357 e. The zero-order valence-corrected chi connectivity index (χ0v) is 14.6. The Kier molecular flexibility index (Phi) is 4.25. The zero-order valence-electron chi connectivity index (χ0n) is 13.0. The molecule has 2 aliphatic heterocycles. The second kappa shape index (κ2) is 6.34. The molecule has 1 aromatic carbocycles. The van der Waals surface area contributed by atoms with Gasteiger partial charge in [0.1, 0.15) is 0 Å². The summed E-state index contributed by atoms with van der Waals surface area (Å²) in [4.78, 5) is 6.32. The normalized spacial score (nSPS) is 22.9. The van der Waals surface area contributed by atoms with Gasteiger partial charge >= 0.3 is 0 Å². The molecule has 1 atom stereocenters. The molecule has 1 saturated heterocycles. The van der Waals surface area contributed by atoms with Crippen LogP contribution in [-0.4, -0.2) is 36.1 Å². The number of piperidine rings is 1. The molecule has 0 bridgehead atoms. The predicted molar refractivity (Wildman–Crippen MR) is 95.4 cm³/mol. The minimum atomic E-state index is 0.483. The fourth-order valence-electron chi connectivity index (χ4n) is 4.03. The van der Waals surface area contributed by atoms with E-state index in [1.165, 1.54) is 67.5 Å². The van der Waals surface area contributed by atoms with Gasteiger partial charge in [-0.1, -0.05) is 28.4 Å². The first kappa shape index (κ1) is 14.7. The lowest BCUT2D eigenvalue weighted by Gasteiger charge is -2.30. The van der Waals surface area contributed by atoms with Crippen molar-refractivity contribution in [1.29, 1.82) is 0 Å². The molecular formula is C18H24BrN3. The van der Waals surface area contributed by atoms with E-state index in [4.69, 9.17) is 0 Å². The Morgan fingerprint density at radius 1 is 1.18 bits per heavy atom. The summed E-state index contributed by atoms with van der Waals surface area (Å²) in [5, 5.41) is 5.13. The van der Waals surface area contributed by atoms with Crippen LogP contribution in [0.15, 0.2) is 22.7 Å². The highest BCUT2D eigenvalue weighted by molar-refractivity contribution is 9.10. The highest BCUT2D eigenvalue weighted by Crippen LogP contribution is 2.33. The molecule has 3 nitrogen and oxygen atoms in total. The molecule has 0 aliphatic carbocycles. The average molecular weight is 362 g/mol. The van der Waals surface area contributed by atoms with Gasteiger partial charge < -0.3 is 15.2 Å². The third-order valence-electron chi connectivity index (χ3n) is 5.20. The van der Waals surface area contributed by atoms with E-state index in [1.54, 1.807) is 0 Å². The first-order chi connectivity index (χ1) is 10.8. The molecule has 2 N–H and O–H groups in total. The van der Waals surface area contributed by atoms with Crippen molar-refractivity contribution in [2.24, 2.45) is 0 Å². The summed E-state index contributed by atoms with van der Waals surface area (Å²) in [6, 6.07) is 7.09. The first-order valence-electron chi connectivity index (χ1n) is 8.57. The number of halogens is 1. The lowest BCUT2D eigenvalue weighted by atomic mass is 9.97. The molecule has 22 heavy (non-hydrogen) atoms. The number of aromatic nitrogens is 1. The van der Waals surface area contributed by atoms with Gasteiger partial charge in [-0.05, 0) is 69.6 Å². The van der Waals surface area contributed by atoms with Gasteiger partial charge in [-0.25, -0.2) is 0 Å². The first-order valence-corrected chi connectivity index (χ1v) is 9.36. The van der Waals surface area contributed by atoms with E-state index >= 15 is 0 Å². The number of hydrogen-bond acceptors (Lipinski definition) is 2. The fourth-order valence-corrected chi connectivity index (χ4v) is 4.39. The van der Waals surface area contributed by atoms with Crippen molar-refractivity contribution in [2.45, 2.75) is 38.1 Å². The molecular weight excluding hydrogens is 338 g/mol. The van der Waals surface area contributed by atoms with E-state index in [0.717, 1.165) is 17.4 Å². The monoisotopic (exact) mass is 361 g/mol. The Labute approximate surface area is 140 Å². The van der Waals surface area contributed by atoms with Gasteiger partial charge in [0.2, 0.25) is 0 Å². The Balaban J connectivity index is 1.54. The number of nitrogens with zero attached hydrogens (tertiary/aromatic N) is 1. The Morgan fingerprint density at radius 3 is 2.91 bits per heavy atom. The number of likely N-dealkylation sites (tertiary alicyclic amines) is 1. The van der Waals surface area contributed by atoms with Crippen LogP contribution in [0.4, 0.5) is 0 Å². The van der Waals surface area contributed by atoms with Crippen molar-refractivity contribution >= 4 is 26.8 Å². The van der Waals surface area contributed by atoms with Crippen molar-refractivity contribution in [3.63, 3.8) is 0 Å². The summed E-state index contributed by atoms with van der Waals surface area (Å²) in [7, 11) is 0. The van der Waals surface area contributed by atoms with Crippen LogP contribution in [0.5, 0.6) is 0 Å². The SMILES string of the molecule is Brc1ccc2c3c([nH]c2c1)[C@@H](CCN1CCCCC1)NCC3. The van der Waals surface area contributed by atoms with Crippen LogP contribution in [-0.2, 0) is 6.42 Å². The number of fused-ring (bicyclic) bond motifs is 3. The fraction of sp³-hybridized carbons (Fsp3) is 0.556. The van der Waals surface area contributed by atoms with E-state index in [1.807, 2.05) is 0 Å². The molecule has 4 rings (SSSR count). The molecule has 1 fully saturated rings. The maximum Gasteiger partial charge on any atom is 0.0488 e. The number of H-pyrrole nitrogens is 1. The van der Waals surface area contributed by atoms with Gasteiger partial charge in [-0.15, -0.1) is 0 Å². The van der Waals surface area contributed by atoms with E-state index < -0.39 is 0 Å². The largest absolute Gasteiger partial charge is 0.357 e. The number of rotatable bonds is 3. The van der Waals surface area contributed by atoms with E-state index in [0.29, 0.717) is 6.04 Å². The topological polar surface area (TPSA) is 31.1 Å². The second-order valence-corrected chi connectivity index (χ2v) is 7.57. The van der Waals surface area contributed by atoms with Crippen LogP contribution >= 0.6 is 15.9 Å². The number of benzene rings is 1. The quantitative estimate of drug-likeness (QED) is 0.865. The van der Waals surface area contributed by atoms with Crippen molar-refractivity contribution in [2.75, 3.05) is 26.2 Å². The lowest BCUT2D eigenvalue weighted by molar-refractivity contribution is 0.215.